The molecular formula is C15H26N4. The van der Waals surface area contributed by atoms with Gasteiger partial charge in [0.2, 0.25) is 0 Å². The van der Waals surface area contributed by atoms with Gasteiger partial charge in [-0.1, -0.05) is 6.42 Å². The quantitative estimate of drug-likeness (QED) is 0.894. The van der Waals surface area contributed by atoms with E-state index < -0.39 is 0 Å². The topological polar surface area (TPSA) is 33.1 Å². The predicted octanol–water partition coefficient (Wildman–Crippen LogP) is 1.57. The number of fused-ring (bicyclic) bond motifs is 2. The van der Waals surface area contributed by atoms with E-state index in [4.69, 9.17) is 0 Å². The SMILES string of the molecule is CNC1CC2CCCC(C1)N2CCc1ccnn1C. The van der Waals surface area contributed by atoms with Crippen LogP contribution in [0.4, 0.5) is 0 Å². The molecule has 0 amide bonds. The van der Waals surface area contributed by atoms with Gasteiger partial charge in [-0.15, -0.1) is 0 Å². The molecule has 3 heterocycles. The highest BCUT2D eigenvalue weighted by Gasteiger charge is 2.37. The van der Waals surface area contributed by atoms with Gasteiger partial charge in [0.05, 0.1) is 0 Å². The van der Waals surface area contributed by atoms with Crippen molar-refractivity contribution in [3.8, 4) is 0 Å². The largest absolute Gasteiger partial charge is 0.317 e. The lowest BCUT2D eigenvalue weighted by molar-refractivity contribution is 0.0267. The first-order valence-electron chi connectivity index (χ1n) is 7.68. The second-order valence-corrected chi connectivity index (χ2v) is 6.13. The lowest BCUT2D eigenvalue weighted by Gasteiger charge is -2.49. The Bertz CT molecular complexity index is 400. The molecule has 1 N–H and O–H groups in total. The van der Waals surface area contributed by atoms with Crippen LogP contribution in [0.15, 0.2) is 12.3 Å². The van der Waals surface area contributed by atoms with Crippen molar-refractivity contribution in [2.75, 3.05) is 13.6 Å². The highest BCUT2D eigenvalue weighted by Crippen LogP contribution is 2.33. The Morgan fingerprint density at radius 3 is 2.63 bits per heavy atom. The van der Waals surface area contributed by atoms with E-state index in [1.165, 1.54) is 44.3 Å². The van der Waals surface area contributed by atoms with Crippen LogP contribution in [0.2, 0.25) is 0 Å². The van der Waals surface area contributed by atoms with Crippen LogP contribution in [0, 0.1) is 0 Å². The van der Waals surface area contributed by atoms with Crippen molar-refractivity contribution < 1.29 is 0 Å². The average molecular weight is 262 g/mol. The number of nitrogens with one attached hydrogen (secondary N) is 1. The summed E-state index contributed by atoms with van der Waals surface area (Å²) >= 11 is 0. The van der Waals surface area contributed by atoms with Crippen molar-refractivity contribution in [1.82, 2.24) is 20.0 Å². The molecule has 2 unspecified atom stereocenters. The molecule has 0 radical (unpaired) electrons. The Hall–Kier alpha value is -0.870. The molecule has 3 rings (SSSR count). The Morgan fingerprint density at radius 2 is 2.05 bits per heavy atom. The minimum absolute atomic E-state index is 0.739. The fourth-order valence-electron chi connectivity index (χ4n) is 3.97. The number of hydrogen-bond donors (Lipinski definition) is 1. The zero-order chi connectivity index (χ0) is 13.2. The second kappa shape index (κ2) is 5.63. The van der Waals surface area contributed by atoms with Crippen molar-refractivity contribution >= 4 is 0 Å². The number of rotatable bonds is 4. The standard InChI is InChI=1S/C15H26N4/c1-16-12-10-14-4-3-5-15(11-12)19(14)9-7-13-6-8-17-18(13)2/h6,8,12,14-16H,3-5,7,9-11H2,1-2H3. The van der Waals surface area contributed by atoms with Crippen molar-refractivity contribution in [1.29, 1.82) is 0 Å². The van der Waals surface area contributed by atoms with Crippen molar-refractivity contribution in [3.63, 3.8) is 0 Å². The Morgan fingerprint density at radius 1 is 1.32 bits per heavy atom. The van der Waals surface area contributed by atoms with Gasteiger partial charge in [0, 0.05) is 50.0 Å². The summed E-state index contributed by atoms with van der Waals surface area (Å²) in [4.78, 5) is 2.78. The van der Waals surface area contributed by atoms with Crippen LogP contribution in [0.25, 0.3) is 0 Å². The van der Waals surface area contributed by atoms with Gasteiger partial charge >= 0.3 is 0 Å². The van der Waals surface area contributed by atoms with Crippen LogP contribution in [-0.4, -0.2) is 46.4 Å². The molecule has 0 aliphatic carbocycles. The molecule has 4 heteroatoms. The minimum Gasteiger partial charge on any atom is -0.317 e. The summed E-state index contributed by atoms with van der Waals surface area (Å²) in [6.07, 6.45) is 9.90. The summed E-state index contributed by atoms with van der Waals surface area (Å²) in [6.45, 7) is 1.20. The molecule has 0 aromatic carbocycles. The molecule has 106 valence electrons. The zero-order valence-electron chi connectivity index (χ0n) is 12.2. The number of aromatic nitrogens is 2. The maximum absolute atomic E-state index is 4.27. The molecule has 4 nitrogen and oxygen atoms in total. The minimum atomic E-state index is 0.739. The van der Waals surface area contributed by atoms with Crippen LogP contribution in [-0.2, 0) is 13.5 Å². The predicted molar refractivity (Wildman–Crippen MR) is 77.1 cm³/mol. The molecule has 2 aliphatic heterocycles. The van der Waals surface area contributed by atoms with Crippen molar-refractivity contribution in [2.24, 2.45) is 7.05 Å². The van der Waals surface area contributed by atoms with Gasteiger partial charge in [-0.3, -0.25) is 9.58 Å². The molecule has 2 saturated heterocycles. The fourth-order valence-corrected chi connectivity index (χ4v) is 3.97. The number of hydrogen-bond acceptors (Lipinski definition) is 3. The summed E-state index contributed by atoms with van der Waals surface area (Å²) in [5.41, 5.74) is 1.36. The zero-order valence-corrected chi connectivity index (χ0v) is 12.2. The van der Waals surface area contributed by atoms with Gasteiger partial charge in [-0.2, -0.15) is 5.10 Å². The van der Waals surface area contributed by atoms with Gasteiger partial charge in [-0.25, -0.2) is 0 Å². The first-order chi connectivity index (χ1) is 9.28. The molecule has 2 fully saturated rings. The molecule has 2 aliphatic rings. The molecule has 2 atom stereocenters. The lowest BCUT2D eigenvalue weighted by Crippen LogP contribution is -2.56. The highest BCUT2D eigenvalue weighted by atomic mass is 15.3. The third-order valence-electron chi connectivity index (χ3n) is 5.08. The summed E-state index contributed by atoms with van der Waals surface area (Å²) in [5.74, 6) is 0. The van der Waals surface area contributed by atoms with Gasteiger partial charge < -0.3 is 5.32 Å². The summed E-state index contributed by atoms with van der Waals surface area (Å²) < 4.78 is 2.01. The molecular weight excluding hydrogens is 236 g/mol. The van der Waals surface area contributed by atoms with E-state index in [0.29, 0.717) is 0 Å². The number of nitrogens with zero attached hydrogens (tertiary/aromatic N) is 3. The van der Waals surface area contributed by atoms with Crippen LogP contribution in [0.5, 0.6) is 0 Å². The summed E-state index contributed by atoms with van der Waals surface area (Å²) in [5, 5.41) is 7.76. The van der Waals surface area contributed by atoms with Gasteiger partial charge in [0.15, 0.2) is 0 Å². The van der Waals surface area contributed by atoms with Crippen molar-refractivity contribution in [2.45, 2.75) is 56.7 Å². The van der Waals surface area contributed by atoms with E-state index in [2.05, 4.69) is 28.4 Å². The maximum Gasteiger partial charge on any atom is 0.0492 e. The van der Waals surface area contributed by atoms with E-state index in [0.717, 1.165) is 24.5 Å². The Balaban J connectivity index is 1.63. The highest BCUT2D eigenvalue weighted by molar-refractivity contribution is 5.02. The number of aryl methyl sites for hydroxylation is 1. The third-order valence-corrected chi connectivity index (χ3v) is 5.08. The van der Waals surface area contributed by atoms with E-state index in [-0.39, 0.29) is 0 Å². The maximum atomic E-state index is 4.27. The first kappa shape index (κ1) is 13.1. The Kier molecular flexibility index (Phi) is 3.89. The Labute approximate surface area is 116 Å². The third kappa shape index (κ3) is 2.70. The molecule has 19 heavy (non-hydrogen) atoms. The molecule has 1 aromatic heterocycles. The van der Waals surface area contributed by atoms with Crippen LogP contribution in [0.3, 0.4) is 0 Å². The normalized spacial score (nSPS) is 31.6. The monoisotopic (exact) mass is 262 g/mol. The summed E-state index contributed by atoms with van der Waals surface area (Å²) in [6, 6.07) is 4.50. The molecule has 1 aromatic rings. The number of piperidine rings is 2. The van der Waals surface area contributed by atoms with E-state index >= 15 is 0 Å². The van der Waals surface area contributed by atoms with Crippen molar-refractivity contribution in [3.05, 3.63) is 18.0 Å². The van der Waals surface area contributed by atoms with E-state index in [9.17, 15) is 0 Å². The van der Waals surface area contributed by atoms with E-state index in [1.807, 2.05) is 17.9 Å². The first-order valence-corrected chi connectivity index (χ1v) is 7.68. The molecule has 2 bridgehead atoms. The van der Waals surface area contributed by atoms with Crippen LogP contribution < -0.4 is 5.32 Å². The molecule has 0 spiro atoms. The van der Waals surface area contributed by atoms with Gasteiger partial charge in [0.25, 0.3) is 0 Å². The lowest BCUT2D eigenvalue weighted by atomic mass is 9.81. The second-order valence-electron chi connectivity index (χ2n) is 6.13. The fraction of sp³-hybridized carbons (Fsp3) is 0.800. The van der Waals surface area contributed by atoms with Crippen LogP contribution in [0.1, 0.15) is 37.8 Å². The smallest absolute Gasteiger partial charge is 0.0492 e. The van der Waals surface area contributed by atoms with Gasteiger partial charge in [0.1, 0.15) is 0 Å². The van der Waals surface area contributed by atoms with Crippen LogP contribution >= 0.6 is 0 Å². The molecule has 0 saturated carbocycles. The average Bonchev–Trinajstić information content (AvgIpc) is 2.81. The van der Waals surface area contributed by atoms with E-state index in [1.54, 1.807) is 0 Å². The van der Waals surface area contributed by atoms with Gasteiger partial charge in [-0.05, 0) is 38.8 Å². The summed E-state index contributed by atoms with van der Waals surface area (Å²) in [7, 11) is 4.16.